The van der Waals surface area contributed by atoms with E-state index in [2.05, 4.69) is 20.6 Å². The predicted octanol–water partition coefficient (Wildman–Crippen LogP) is -0.318. The van der Waals surface area contributed by atoms with E-state index >= 15 is 0 Å². The van der Waals surface area contributed by atoms with Gasteiger partial charge >= 0.3 is 0 Å². The van der Waals surface area contributed by atoms with Crippen molar-refractivity contribution in [2.24, 2.45) is 7.05 Å². The molecule has 2 heterocycles. The molecule has 2 rings (SSSR count). The fourth-order valence-electron chi connectivity index (χ4n) is 1.29. The lowest BCUT2D eigenvalue weighted by Gasteiger charge is -2.11. The van der Waals surface area contributed by atoms with Crippen molar-refractivity contribution in [2.45, 2.75) is 26.0 Å². The lowest BCUT2D eigenvalue weighted by atomic mass is 10.1. The van der Waals surface area contributed by atoms with Gasteiger partial charge in [0.05, 0.1) is 12.7 Å². The Kier molecular flexibility index (Phi) is 2.47. The van der Waals surface area contributed by atoms with Crippen LogP contribution in [0.5, 0.6) is 0 Å². The van der Waals surface area contributed by atoms with Gasteiger partial charge in [0, 0.05) is 13.2 Å². The first-order valence-corrected chi connectivity index (χ1v) is 4.93. The summed E-state index contributed by atoms with van der Waals surface area (Å²) in [4.78, 5) is 0. The molecule has 0 bridgehead atoms. The summed E-state index contributed by atoms with van der Waals surface area (Å²) >= 11 is 0. The van der Waals surface area contributed by atoms with Gasteiger partial charge in [0.1, 0.15) is 17.0 Å². The van der Waals surface area contributed by atoms with E-state index in [0.717, 1.165) is 5.69 Å². The largest absolute Gasteiger partial charge is 0.384 e. The highest BCUT2D eigenvalue weighted by Gasteiger charge is 2.20. The first-order chi connectivity index (χ1) is 7.45. The van der Waals surface area contributed by atoms with Gasteiger partial charge in [-0.05, 0) is 13.8 Å². The average molecular weight is 222 g/mol. The van der Waals surface area contributed by atoms with Crippen molar-refractivity contribution >= 4 is 0 Å². The summed E-state index contributed by atoms with van der Waals surface area (Å²) in [6, 6.07) is 0. The van der Waals surface area contributed by atoms with Gasteiger partial charge in [-0.2, -0.15) is 0 Å². The monoisotopic (exact) mass is 222 g/mol. The summed E-state index contributed by atoms with van der Waals surface area (Å²) in [5, 5.41) is 25.3. The highest BCUT2D eigenvalue weighted by Crippen LogP contribution is 2.15. The van der Waals surface area contributed by atoms with Gasteiger partial charge in [0.25, 0.3) is 0 Å². The van der Waals surface area contributed by atoms with Gasteiger partial charge in [-0.25, -0.2) is 4.68 Å². The summed E-state index contributed by atoms with van der Waals surface area (Å²) in [6.45, 7) is 3.84. The molecule has 0 atom stereocenters. The number of aromatic nitrogens is 6. The van der Waals surface area contributed by atoms with Crippen molar-refractivity contribution in [3.05, 3.63) is 23.8 Å². The van der Waals surface area contributed by atoms with Crippen LogP contribution in [0.3, 0.4) is 0 Å². The number of nitrogens with zero attached hydrogens (tertiary/aromatic N) is 6. The van der Waals surface area contributed by atoms with Gasteiger partial charge in [-0.3, -0.25) is 4.68 Å². The van der Waals surface area contributed by atoms with Crippen LogP contribution >= 0.6 is 0 Å². The number of aryl methyl sites for hydroxylation is 1. The van der Waals surface area contributed by atoms with Crippen LogP contribution in [0.15, 0.2) is 12.4 Å². The standard InChI is InChI=1S/C9H14N6O/c1-9(2,16)8-6-15(13-11-8)5-7-4-14(3)12-10-7/h4,6,16H,5H2,1-3H3. The van der Waals surface area contributed by atoms with E-state index in [9.17, 15) is 5.11 Å². The molecule has 86 valence electrons. The van der Waals surface area contributed by atoms with Crippen LogP contribution in [0.4, 0.5) is 0 Å². The van der Waals surface area contributed by atoms with Gasteiger partial charge in [0.2, 0.25) is 0 Å². The molecule has 0 amide bonds. The Morgan fingerprint density at radius 2 is 2.00 bits per heavy atom. The third kappa shape index (κ3) is 2.25. The van der Waals surface area contributed by atoms with E-state index < -0.39 is 5.60 Å². The Hall–Kier alpha value is -1.76. The van der Waals surface area contributed by atoms with Crippen LogP contribution in [0.2, 0.25) is 0 Å². The van der Waals surface area contributed by atoms with Crippen LogP contribution in [-0.2, 0) is 19.2 Å². The summed E-state index contributed by atoms with van der Waals surface area (Å²) in [5.41, 5.74) is 0.367. The zero-order chi connectivity index (χ0) is 11.8. The number of rotatable bonds is 3. The molecular formula is C9H14N6O. The Morgan fingerprint density at radius 1 is 1.25 bits per heavy atom. The highest BCUT2D eigenvalue weighted by molar-refractivity contribution is 5.04. The van der Waals surface area contributed by atoms with Crippen LogP contribution < -0.4 is 0 Å². The third-order valence-electron chi connectivity index (χ3n) is 2.14. The Balaban J connectivity index is 2.14. The normalized spacial score (nSPS) is 12.0. The molecule has 7 heteroatoms. The van der Waals surface area contributed by atoms with Crippen LogP contribution in [0.25, 0.3) is 0 Å². The maximum Gasteiger partial charge on any atom is 0.114 e. The van der Waals surface area contributed by atoms with Crippen molar-refractivity contribution < 1.29 is 5.11 Å². The maximum absolute atomic E-state index is 9.72. The summed E-state index contributed by atoms with van der Waals surface area (Å²) in [5.74, 6) is 0. The Labute approximate surface area is 92.7 Å². The van der Waals surface area contributed by atoms with Crippen molar-refractivity contribution in [3.63, 3.8) is 0 Å². The van der Waals surface area contributed by atoms with E-state index in [0.29, 0.717) is 12.2 Å². The summed E-state index contributed by atoms with van der Waals surface area (Å²) in [6.07, 6.45) is 3.51. The van der Waals surface area contributed by atoms with E-state index in [1.54, 1.807) is 36.5 Å². The molecule has 7 nitrogen and oxygen atoms in total. The highest BCUT2D eigenvalue weighted by atomic mass is 16.3. The SMILES string of the molecule is Cn1cc(Cn2cc(C(C)(C)O)nn2)nn1. The molecule has 0 aliphatic heterocycles. The molecule has 1 N–H and O–H groups in total. The Morgan fingerprint density at radius 3 is 2.50 bits per heavy atom. The molecule has 0 saturated carbocycles. The molecule has 0 aliphatic carbocycles. The van der Waals surface area contributed by atoms with Crippen molar-refractivity contribution in [2.75, 3.05) is 0 Å². The quantitative estimate of drug-likeness (QED) is 0.769. The van der Waals surface area contributed by atoms with Crippen LogP contribution in [0.1, 0.15) is 25.2 Å². The molecule has 0 spiro atoms. The maximum atomic E-state index is 9.72. The van der Waals surface area contributed by atoms with E-state index in [1.165, 1.54) is 0 Å². The third-order valence-corrected chi connectivity index (χ3v) is 2.14. The smallest absolute Gasteiger partial charge is 0.114 e. The molecule has 16 heavy (non-hydrogen) atoms. The van der Waals surface area contributed by atoms with Gasteiger partial charge in [0.15, 0.2) is 0 Å². The van der Waals surface area contributed by atoms with Crippen LogP contribution in [0, 0.1) is 0 Å². The van der Waals surface area contributed by atoms with Gasteiger partial charge < -0.3 is 5.11 Å². The van der Waals surface area contributed by atoms with Crippen molar-refractivity contribution in [1.29, 1.82) is 0 Å². The number of hydrogen-bond acceptors (Lipinski definition) is 5. The fraction of sp³-hybridized carbons (Fsp3) is 0.556. The molecule has 0 aromatic carbocycles. The molecule has 0 unspecified atom stereocenters. The second-order valence-corrected chi connectivity index (χ2v) is 4.24. The minimum Gasteiger partial charge on any atom is -0.384 e. The minimum atomic E-state index is -0.972. The second kappa shape index (κ2) is 3.67. The fourth-order valence-corrected chi connectivity index (χ4v) is 1.29. The number of hydrogen-bond donors (Lipinski definition) is 1. The van der Waals surface area contributed by atoms with Gasteiger partial charge in [-0.15, -0.1) is 10.2 Å². The van der Waals surface area contributed by atoms with Crippen LogP contribution in [-0.4, -0.2) is 35.1 Å². The lowest BCUT2D eigenvalue weighted by molar-refractivity contribution is 0.0737. The van der Waals surface area contributed by atoms with E-state index in [1.807, 2.05) is 6.20 Å². The molecule has 0 radical (unpaired) electrons. The lowest BCUT2D eigenvalue weighted by Crippen LogP contribution is -2.15. The van der Waals surface area contributed by atoms with Gasteiger partial charge in [-0.1, -0.05) is 10.4 Å². The van der Waals surface area contributed by atoms with E-state index in [4.69, 9.17) is 0 Å². The zero-order valence-electron chi connectivity index (χ0n) is 9.49. The molecule has 0 fully saturated rings. The van der Waals surface area contributed by atoms with Crippen molar-refractivity contribution in [1.82, 2.24) is 30.0 Å². The Bertz CT molecular complexity index is 480. The molecule has 0 aliphatic rings. The van der Waals surface area contributed by atoms with Crippen molar-refractivity contribution in [3.8, 4) is 0 Å². The first kappa shape index (κ1) is 10.7. The molecular weight excluding hydrogens is 208 g/mol. The summed E-state index contributed by atoms with van der Waals surface area (Å²) < 4.78 is 3.25. The topological polar surface area (TPSA) is 81.7 Å². The number of aliphatic hydroxyl groups is 1. The second-order valence-electron chi connectivity index (χ2n) is 4.24. The molecule has 2 aromatic heterocycles. The zero-order valence-corrected chi connectivity index (χ0v) is 9.49. The molecule has 0 saturated heterocycles. The first-order valence-electron chi connectivity index (χ1n) is 4.93. The summed E-state index contributed by atoms with van der Waals surface area (Å²) in [7, 11) is 1.81. The minimum absolute atomic E-state index is 0.497. The molecule has 2 aromatic rings. The predicted molar refractivity (Wildman–Crippen MR) is 55.4 cm³/mol. The van der Waals surface area contributed by atoms with E-state index in [-0.39, 0.29) is 0 Å². The average Bonchev–Trinajstić information content (AvgIpc) is 2.74.